The van der Waals surface area contributed by atoms with Gasteiger partial charge in [-0.25, -0.2) is 0 Å². The number of ketones is 1. The minimum absolute atomic E-state index is 0.0303. The Hall–Kier alpha value is -3.76. The summed E-state index contributed by atoms with van der Waals surface area (Å²) in [5.41, 5.74) is 1.06. The molecule has 0 aliphatic carbocycles. The van der Waals surface area contributed by atoms with E-state index in [1.807, 2.05) is 19.9 Å². The molecule has 0 spiro atoms. The second kappa shape index (κ2) is 13.3. The van der Waals surface area contributed by atoms with Gasteiger partial charge in [0.05, 0.1) is 38.0 Å². The molecule has 0 radical (unpaired) electrons. The SMILES string of the molecule is CCCOc1ccc(C2/C(=C(/O)c3ccc4c(c3)OCCO4)C(=O)C(=O)N2CCCN2CCOCC2)cc1OCC. The third kappa shape index (κ3) is 6.28. The van der Waals surface area contributed by atoms with Crippen LogP contribution in [0.2, 0.25) is 0 Å². The molecule has 1 N–H and O–H groups in total. The van der Waals surface area contributed by atoms with Gasteiger partial charge < -0.3 is 33.7 Å². The Labute approximate surface area is 240 Å². The Bertz CT molecular complexity index is 1290. The van der Waals surface area contributed by atoms with Crippen LogP contribution >= 0.6 is 0 Å². The fourth-order valence-electron chi connectivity index (χ4n) is 5.39. The number of amides is 1. The fourth-order valence-corrected chi connectivity index (χ4v) is 5.39. The number of morpholine rings is 1. The minimum atomic E-state index is -0.799. The molecule has 2 fully saturated rings. The summed E-state index contributed by atoms with van der Waals surface area (Å²) in [6.45, 7) is 9.86. The van der Waals surface area contributed by atoms with Crippen molar-refractivity contribution in [1.82, 2.24) is 9.80 Å². The van der Waals surface area contributed by atoms with Gasteiger partial charge in [0, 0.05) is 31.7 Å². The molecule has 1 amide bonds. The Morgan fingerprint density at radius 1 is 0.927 bits per heavy atom. The van der Waals surface area contributed by atoms with Crippen LogP contribution in [0.1, 0.15) is 43.9 Å². The van der Waals surface area contributed by atoms with Crippen LogP contribution in [-0.2, 0) is 14.3 Å². The Kier molecular flexibility index (Phi) is 9.31. The third-order valence-corrected chi connectivity index (χ3v) is 7.38. The van der Waals surface area contributed by atoms with Gasteiger partial charge in [0.25, 0.3) is 11.7 Å². The number of Topliss-reactive ketones (excluding diaryl/α,β-unsaturated/α-hetero) is 1. The third-order valence-electron chi connectivity index (χ3n) is 7.38. The van der Waals surface area contributed by atoms with Crippen LogP contribution in [0.5, 0.6) is 23.0 Å². The molecule has 3 aliphatic rings. The lowest BCUT2D eigenvalue weighted by Crippen LogP contribution is -2.39. The van der Waals surface area contributed by atoms with E-state index in [0.29, 0.717) is 86.7 Å². The van der Waals surface area contributed by atoms with E-state index >= 15 is 0 Å². The van der Waals surface area contributed by atoms with E-state index in [1.165, 1.54) is 0 Å². The first-order valence-electron chi connectivity index (χ1n) is 14.4. The summed E-state index contributed by atoms with van der Waals surface area (Å²) in [5.74, 6) is 0.540. The molecule has 1 unspecified atom stereocenters. The highest BCUT2D eigenvalue weighted by atomic mass is 16.6. The number of carbonyl (C=O) groups excluding carboxylic acids is 2. The van der Waals surface area contributed by atoms with Crippen molar-refractivity contribution in [3.63, 3.8) is 0 Å². The number of rotatable bonds is 11. The van der Waals surface area contributed by atoms with Crippen molar-refractivity contribution in [3.05, 3.63) is 53.1 Å². The normalized spacial score (nSPS) is 20.3. The Morgan fingerprint density at radius 2 is 1.71 bits per heavy atom. The molecule has 10 nitrogen and oxygen atoms in total. The van der Waals surface area contributed by atoms with Gasteiger partial charge in [-0.05, 0) is 55.7 Å². The maximum Gasteiger partial charge on any atom is 0.295 e. The molecule has 5 rings (SSSR count). The number of hydrogen-bond acceptors (Lipinski definition) is 9. The van der Waals surface area contributed by atoms with Crippen LogP contribution in [0.3, 0.4) is 0 Å². The predicted molar refractivity (Wildman–Crippen MR) is 152 cm³/mol. The van der Waals surface area contributed by atoms with Gasteiger partial charge in [0.15, 0.2) is 23.0 Å². The van der Waals surface area contributed by atoms with Crippen LogP contribution in [0.4, 0.5) is 0 Å². The smallest absolute Gasteiger partial charge is 0.295 e. The molecule has 1 atom stereocenters. The van der Waals surface area contributed by atoms with Gasteiger partial charge in [-0.15, -0.1) is 0 Å². The summed E-state index contributed by atoms with van der Waals surface area (Å²) >= 11 is 0. The van der Waals surface area contributed by atoms with E-state index in [-0.39, 0.29) is 11.3 Å². The molecular formula is C31H38N2O8. The maximum atomic E-state index is 13.5. The Balaban J connectivity index is 1.52. The second-order valence-corrected chi connectivity index (χ2v) is 10.1. The van der Waals surface area contributed by atoms with Crippen molar-refractivity contribution < 1.29 is 38.4 Å². The highest BCUT2D eigenvalue weighted by Crippen LogP contribution is 2.43. The number of hydrogen-bond donors (Lipinski definition) is 1. The van der Waals surface area contributed by atoms with Crippen LogP contribution in [0.15, 0.2) is 42.0 Å². The van der Waals surface area contributed by atoms with Crippen molar-refractivity contribution in [1.29, 1.82) is 0 Å². The molecule has 3 heterocycles. The first-order valence-corrected chi connectivity index (χ1v) is 14.4. The van der Waals surface area contributed by atoms with Crippen LogP contribution in [0, 0.1) is 0 Å². The highest BCUT2D eigenvalue weighted by Gasteiger charge is 2.46. The quantitative estimate of drug-likeness (QED) is 0.247. The summed E-state index contributed by atoms with van der Waals surface area (Å²) in [6.07, 6.45) is 1.51. The monoisotopic (exact) mass is 566 g/mol. The lowest BCUT2D eigenvalue weighted by atomic mass is 9.94. The number of aliphatic hydroxyl groups excluding tert-OH is 1. The molecular weight excluding hydrogens is 528 g/mol. The van der Waals surface area contributed by atoms with E-state index in [2.05, 4.69) is 4.90 Å². The number of ether oxygens (including phenoxy) is 5. The predicted octanol–water partition coefficient (Wildman–Crippen LogP) is 3.79. The van der Waals surface area contributed by atoms with E-state index in [0.717, 1.165) is 26.1 Å². The van der Waals surface area contributed by atoms with E-state index in [1.54, 1.807) is 35.2 Å². The first kappa shape index (κ1) is 28.8. The zero-order chi connectivity index (χ0) is 28.8. The fraction of sp³-hybridized carbons (Fsp3) is 0.484. The molecule has 10 heteroatoms. The number of likely N-dealkylation sites (tertiary alicyclic amines) is 1. The van der Waals surface area contributed by atoms with Gasteiger partial charge in [-0.3, -0.25) is 14.5 Å². The van der Waals surface area contributed by atoms with Crippen molar-refractivity contribution >= 4 is 17.4 Å². The van der Waals surface area contributed by atoms with Crippen LogP contribution < -0.4 is 18.9 Å². The summed E-state index contributed by atoms with van der Waals surface area (Å²) in [5, 5.41) is 11.5. The molecule has 220 valence electrons. The summed E-state index contributed by atoms with van der Waals surface area (Å²) in [6, 6.07) is 9.64. The Morgan fingerprint density at radius 3 is 2.46 bits per heavy atom. The lowest BCUT2D eigenvalue weighted by molar-refractivity contribution is -0.140. The average Bonchev–Trinajstić information content (AvgIpc) is 3.25. The number of fused-ring (bicyclic) bond motifs is 1. The topological polar surface area (TPSA) is 107 Å². The highest BCUT2D eigenvalue weighted by molar-refractivity contribution is 6.46. The molecule has 2 saturated heterocycles. The van der Waals surface area contributed by atoms with E-state index in [4.69, 9.17) is 23.7 Å². The maximum absolute atomic E-state index is 13.5. The zero-order valence-electron chi connectivity index (χ0n) is 23.7. The molecule has 0 bridgehead atoms. The van der Waals surface area contributed by atoms with Crippen molar-refractivity contribution in [3.8, 4) is 23.0 Å². The molecule has 3 aliphatic heterocycles. The van der Waals surface area contributed by atoms with Crippen LogP contribution in [-0.4, -0.2) is 92.4 Å². The zero-order valence-corrected chi connectivity index (χ0v) is 23.7. The van der Waals surface area contributed by atoms with Crippen molar-refractivity contribution in [2.75, 3.05) is 65.8 Å². The van der Waals surface area contributed by atoms with Gasteiger partial charge in [-0.1, -0.05) is 13.0 Å². The summed E-state index contributed by atoms with van der Waals surface area (Å²) in [7, 11) is 0. The van der Waals surface area contributed by atoms with Crippen molar-refractivity contribution in [2.24, 2.45) is 0 Å². The molecule has 2 aromatic rings. The molecule has 0 saturated carbocycles. The number of benzene rings is 2. The lowest BCUT2D eigenvalue weighted by Gasteiger charge is -2.29. The van der Waals surface area contributed by atoms with Gasteiger partial charge >= 0.3 is 0 Å². The molecule has 0 aromatic heterocycles. The standard InChI is InChI=1S/C31H38N2O8/c1-3-14-39-23-8-6-21(19-25(23)38-4-2)28-27(29(34)22-7-9-24-26(20-22)41-18-17-40-24)30(35)31(36)33(28)11-5-10-32-12-15-37-16-13-32/h6-9,19-20,28,34H,3-5,10-18H2,1-2H3/b29-27-. The van der Waals surface area contributed by atoms with Crippen LogP contribution in [0.25, 0.3) is 5.76 Å². The van der Waals surface area contributed by atoms with Gasteiger partial charge in [0.2, 0.25) is 0 Å². The minimum Gasteiger partial charge on any atom is -0.507 e. The number of carbonyl (C=O) groups is 2. The molecule has 41 heavy (non-hydrogen) atoms. The molecule has 2 aromatic carbocycles. The first-order chi connectivity index (χ1) is 20.0. The average molecular weight is 567 g/mol. The van der Waals surface area contributed by atoms with E-state index < -0.39 is 17.7 Å². The van der Waals surface area contributed by atoms with Crippen molar-refractivity contribution in [2.45, 2.75) is 32.7 Å². The second-order valence-electron chi connectivity index (χ2n) is 10.1. The largest absolute Gasteiger partial charge is 0.507 e. The number of aliphatic hydroxyl groups is 1. The van der Waals surface area contributed by atoms with E-state index in [9.17, 15) is 14.7 Å². The summed E-state index contributed by atoms with van der Waals surface area (Å²) < 4.78 is 28.5. The summed E-state index contributed by atoms with van der Waals surface area (Å²) in [4.78, 5) is 30.9. The van der Waals surface area contributed by atoms with Gasteiger partial charge in [-0.2, -0.15) is 0 Å². The van der Waals surface area contributed by atoms with Gasteiger partial charge in [0.1, 0.15) is 19.0 Å². The number of nitrogens with zero attached hydrogens (tertiary/aromatic N) is 2.